The van der Waals surface area contributed by atoms with Gasteiger partial charge in [0.15, 0.2) is 4.77 Å². The monoisotopic (exact) mass is 302 g/mol. The van der Waals surface area contributed by atoms with Crippen LogP contribution in [0.5, 0.6) is 0 Å². The highest BCUT2D eigenvalue weighted by molar-refractivity contribution is 7.71. The van der Waals surface area contributed by atoms with Gasteiger partial charge in [0.1, 0.15) is 5.69 Å². The number of hydrogen-bond donors (Lipinski definition) is 2. The minimum atomic E-state index is -0.946. The summed E-state index contributed by atoms with van der Waals surface area (Å²) in [5.74, 6) is -0.946. The third-order valence-corrected chi connectivity index (χ3v) is 4.57. The van der Waals surface area contributed by atoms with Gasteiger partial charge in [0.2, 0.25) is 0 Å². The molecule has 2 N–H and O–H groups in total. The maximum atomic E-state index is 11.4. The van der Waals surface area contributed by atoms with E-state index >= 15 is 0 Å². The van der Waals surface area contributed by atoms with Gasteiger partial charge in [0.05, 0.1) is 6.04 Å². The molecule has 1 unspecified atom stereocenters. The molecule has 0 aliphatic heterocycles. The number of aromatic carboxylic acids is 1. The average Bonchev–Trinajstić information content (AvgIpc) is 2.80. The Bertz CT molecular complexity index is 773. The summed E-state index contributed by atoms with van der Waals surface area (Å²) in [6, 6.07) is 4.37. The number of carboxylic acids is 1. The van der Waals surface area contributed by atoms with Crippen LogP contribution < -0.4 is 0 Å². The summed E-state index contributed by atoms with van der Waals surface area (Å²) in [4.78, 5) is 14.3. The van der Waals surface area contributed by atoms with Gasteiger partial charge in [-0.3, -0.25) is 0 Å². The predicted molar refractivity (Wildman–Crippen MR) is 83.6 cm³/mol. The standard InChI is InChI=1S/C16H18N2O2S/c1-9-6-10(2)11-4-3-5-13(12(11)7-9)18-14(15(19)20)8-17-16(18)21/h6-8,13H,3-5H2,1-2H3,(H,17,21)(H,19,20). The Hall–Kier alpha value is -1.88. The summed E-state index contributed by atoms with van der Waals surface area (Å²) in [6.45, 7) is 4.20. The molecular formula is C16H18N2O2S. The van der Waals surface area contributed by atoms with Crippen LogP contribution in [-0.2, 0) is 6.42 Å². The van der Waals surface area contributed by atoms with E-state index in [1.807, 2.05) is 0 Å². The quantitative estimate of drug-likeness (QED) is 0.830. The first kappa shape index (κ1) is 14.1. The Morgan fingerprint density at radius 3 is 2.90 bits per heavy atom. The first-order chi connectivity index (χ1) is 9.99. The molecule has 0 radical (unpaired) electrons. The molecule has 0 fully saturated rings. The summed E-state index contributed by atoms with van der Waals surface area (Å²) in [7, 11) is 0. The highest BCUT2D eigenvalue weighted by atomic mass is 32.1. The Morgan fingerprint density at radius 1 is 1.43 bits per heavy atom. The molecule has 110 valence electrons. The van der Waals surface area contributed by atoms with E-state index in [2.05, 4.69) is 31.0 Å². The van der Waals surface area contributed by atoms with E-state index in [-0.39, 0.29) is 11.7 Å². The summed E-state index contributed by atoms with van der Waals surface area (Å²) in [5, 5.41) is 9.38. The minimum Gasteiger partial charge on any atom is -0.477 e. The van der Waals surface area contributed by atoms with Gasteiger partial charge in [-0.25, -0.2) is 4.79 Å². The summed E-state index contributed by atoms with van der Waals surface area (Å²) in [5.41, 5.74) is 5.29. The van der Waals surface area contributed by atoms with Crippen LogP contribution in [0.2, 0.25) is 0 Å². The normalized spacial score (nSPS) is 17.5. The van der Waals surface area contributed by atoms with E-state index in [0.717, 1.165) is 19.3 Å². The smallest absolute Gasteiger partial charge is 0.354 e. The molecule has 1 aromatic carbocycles. The average molecular weight is 302 g/mol. The number of fused-ring (bicyclic) bond motifs is 1. The highest BCUT2D eigenvalue weighted by Crippen LogP contribution is 2.36. The second-order valence-electron chi connectivity index (χ2n) is 5.71. The third-order valence-electron chi connectivity index (χ3n) is 4.26. The van der Waals surface area contributed by atoms with E-state index in [1.54, 1.807) is 4.57 Å². The number of imidazole rings is 1. The predicted octanol–water partition coefficient (Wildman–Crippen LogP) is 3.79. The van der Waals surface area contributed by atoms with Crippen LogP contribution in [0.15, 0.2) is 18.3 Å². The third kappa shape index (κ3) is 2.31. The lowest BCUT2D eigenvalue weighted by molar-refractivity contribution is 0.0683. The van der Waals surface area contributed by atoms with Gasteiger partial charge in [-0.05, 0) is 62.0 Å². The second kappa shape index (κ2) is 5.15. The zero-order chi connectivity index (χ0) is 15.1. The van der Waals surface area contributed by atoms with Gasteiger partial charge >= 0.3 is 5.97 Å². The number of H-pyrrole nitrogens is 1. The van der Waals surface area contributed by atoms with E-state index in [4.69, 9.17) is 12.2 Å². The largest absolute Gasteiger partial charge is 0.477 e. The fraction of sp³-hybridized carbons (Fsp3) is 0.375. The van der Waals surface area contributed by atoms with E-state index < -0.39 is 5.97 Å². The molecule has 3 rings (SSSR count). The van der Waals surface area contributed by atoms with Crippen LogP contribution in [0.25, 0.3) is 0 Å². The van der Waals surface area contributed by atoms with Crippen molar-refractivity contribution in [1.29, 1.82) is 0 Å². The number of carbonyl (C=O) groups is 1. The number of aromatic nitrogens is 2. The Balaban J connectivity index is 2.22. The molecule has 0 spiro atoms. The van der Waals surface area contributed by atoms with Crippen LogP contribution in [0.1, 0.15) is 51.6 Å². The maximum Gasteiger partial charge on any atom is 0.354 e. The molecule has 1 heterocycles. The SMILES string of the molecule is Cc1cc(C)c2c(c1)C(n1c(C(=O)O)c[nH]c1=S)CCC2. The number of nitrogens with one attached hydrogen (secondary N) is 1. The van der Waals surface area contributed by atoms with Crippen LogP contribution in [0, 0.1) is 18.6 Å². The second-order valence-corrected chi connectivity index (χ2v) is 6.10. The van der Waals surface area contributed by atoms with Crippen molar-refractivity contribution in [2.75, 3.05) is 0 Å². The van der Waals surface area contributed by atoms with E-state index in [9.17, 15) is 9.90 Å². The summed E-state index contributed by atoms with van der Waals surface area (Å²) >= 11 is 5.31. The molecule has 0 saturated heterocycles. The van der Waals surface area contributed by atoms with Crippen LogP contribution in [0.3, 0.4) is 0 Å². The number of hydrogen-bond acceptors (Lipinski definition) is 2. The van der Waals surface area contributed by atoms with Crippen molar-refractivity contribution in [1.82, 2.24) is 9.55 Å². The number of rotatable bonds is 2. The van der Waals surface area contributed by atoms with Gasteiger partial charge in [-0.2, -0.15) is 0 Å². The number of carboxylic acid groups (broad SMARTS) is 1. The zero-order valence-corrected chi connectivity index (χ0v) is 13.0. The van der Waals surface area contributed by atoms with Gasteiger partial charge in [0, 0.05) is 6.20 Å². The lowest BCUT2D eigenvalue weighted by atomic mass is 9.84. The lowest BCUT2D eigenvalue weighted by Gasteiger charge is -2.29. The van der Waals surface area contributed by atoms with Crippen molar-refractivity contribution < 1.29 is 9.90 Å². The lowest BCUT2D eigenvalue weighted by Crippen LogP contribution is -2.21. The van der Waals surface area contributed by atoms with Crippen molar-refractivity contribution in [2.45, 2.75) is 39.2 Å². The first-order valence-electron chi connectivity index (χ1n) is 7.12. The van der Waals surface area contributed by atoms with Gasteiger partial charge in [0.25, 0.3) is 0 Å². The van der Waals surface area contributed by atoms with Crippen molar-refractivity contribution in [3.8, 4) is 0 Å². The van der Waals surface area contributed by atoms with Gasteiger partial charge < -0.3 is 14.7 Å². The van der Waals surface area contributed by atoms with Gasteiger partial charge in [-0.1, -0.05) is 17.7 Å². The highest BCUT2D eigenvalue weighted by Gasteiger charge is 2.27. The Labute approximate surface area is 128 Å². The molecule has 1 aliphatic rings. The number of nitrogens with zero attached hydrogens (tertiary/aromatic N) is 1. The zero-order valence-electron chi connectivity index (χ0n) is 12.1. The topological polar surface area (TPSA) is 58.0 Å². The van der Waals surface area contributed by atoms with Crippen molar-refractivity contribution in [3.05, 3.63) is 51.0 Å². The molecular weight excluding hydrogens is 284 g/mol. The number of aryl methyl sites for hydroxylation is 2. The molecule has 2 aromatic rings. The molecule has 1 aliphatic carbocycles. The first-order valence-corrected chi connectivity index (χ1v) is 7.53. The van der Waals surface area contributed by atoms with Crippen molar-refractivity contribution >= 4 is 18.2 Å². The summed E-state index contributed by atoms with van der Waals surface area (Å²) in [6.07, 6.45) is 4.51. The maximum absolute atomic E-state index is 11.4. The van der Waals surface area contributed by atoms with Gasteiger partial charge in [-0.15, -0.1) is 0 Å². The molecule has 0 bridgehead atoms. The van der Waals surface area contributed by atoms with Crippen LogP contribution in [-0.4, -0.2) is 20.6 Å². The van der Waals surface area contributed by atoms with E-state index in [1.165, 1.54) is 28.5 Å². The Morgan fingerprint density at radius 2 is 2.19 bits per heavy atom. The molecule has 1 atom stereocenters. The fourth-order valence-corrected chi connectivity index (χ4v) is 3.70. The molecule has 4 nitrogen and oxygen atoms in total. The minimum absolute atomic E-state index is 0.0113. The molecule has 0 saturated carbocycles. The van der Waals surface area contributed by atoms with Crippen molar-refractivity contribution in [3.63, 3.8) is 0 Å². The van der Waals surface area contributed by atoms with Crippen LogP contribution >= 0.6 is 12.2 Å². The summed E-state index contributed by atoms with van der Waals surface area (Å²) < 4.78 is 2.23. The molecule has 5 heteroatoms. The van der Waals surface area contributed by atoms with Crippen LogP contribution in [0.4, 0.5) is 0 Å². The van der Waals surface area contributed by atoms with Crippen molar-refractivity contribution in [2.24, 2.45) is 0 Å². The number of benzene rings is 1. The molecule has 1 aromatic heterocycles. The van der Waals surface area contributed by atoms with E-state index in [0.29, 0.717) is 4.77 Å². The molecule has 0 amide bonds. The fourth-order valence-electron chi connectivity index (χ4n) is 3.42. The number of aromatic amines is 1. The molecule has 21 heavy (non-hydrogen) atoms. The Kier molecular flexibility index (Phi) is 3.45.